The predicted molar refractivity (Wildman–Crippen MR) is 95.1 cm³/mol. The van der Waals surface area contributed by atoms with Gasteiger partial charge >= 0.3 is 0 Å². The van der Waals surface area contributed by atoms with Crippen molar-refractivity contribution in [2.24, 2.45) is 0 Å². The molecule has 1 aliphatic rings. The highest BCUT2D eigenvalue weighted by Crippen LogP contribution is 2.39. The summed E-state index contributed by atoms with van der Waals surface area (Å²) >= 11 is 1.64. The highest BCUT2D eigenvalue weighted by molar-refractivity contribution is 7.98. The summed E-state index contributed by atoms with van der Waals surface area (Å²) in [5.41, 5.74) is 2.81. The number of fused-ring (bicyclic) bond motifs is 1. The molecule has 1 aliphatic carbocycles. The molecule has 4 heteroatoms. The minimum absolute atomic E-state index is 0.0414. The number of hydrogen-bond acceptors (Lipinski definition) is 4. The smallest absolute Gasteiger partial charge is 0.194 e. The first-order valence-electron chi connectivity index (χ1n) is 7.24. The van der Waals surface area contributed by atoms with Crippen LogP contribution in [0.3, 0.4) is 0 Å². The Morgan fingerprint density at radius 2 is 1.62 bits per heavy atom. The number of benzene rings is 2. The fraction of sp³-hybridized carbons (Fsp3) is 0.0500. The maximum absolute atomic E-state index is 12.7. The van der Waals surface area contributed by atoms with Gasteiger partial charge in [0.05, 0.1) is 0 Å². The molecule has 0 unspecified atom stereocenters. The summed E-state index contributed by atoms with van der Waals surface area (Å²) in [7, 11) is 0. The van der Waals surface area contributed by atoms with Crippen LogP contribution in [0.15, 0.2) is 64.6 Å². The lowest BCUT2D eigenvalue weighted by Crippen LogP contribution is -1.95. The van der Waals surface area contributed by atoms with Crippen molar-refractivity contribution in [3.05, 3.63) is 76.4 Å². The molecule has 0 atom stereocenters. The van der Waals surface area contributed by atoms with E-state index in [0.717, 1.165) is 10.5 Å². The Bertz CT molecular complexity index is 954. The van der Waals surface area contributed by atoms with Gasteiger partial charge in [0.15, 0.2) is 5.78 Å². The van der Waals surface area contributed by atoms with Gasteiger partial charge in [0.1, 0.15) is 17.7 Å². The Morgan fingerprint density at radius 1 is 1.00 bits per heavy atom. The van der Waals surface area contributed by atoms with E-state index < -0.39 is 0 Å². The van der Waals surface area contributed by atoms with Gasteiger partial charge in [0, 0.05) is 21.6 Å². The van der Waals surface area contributed by atoms with Crippen molar-refractivity contribution < 1.29 is 4.79 Å². The lowest BCUT2D eigenvalue weighted by atomic mass is 9.98. The first-order chi connectivity index (χ1) is 11.7. The van der Waals surface area contributed by atoms with Gasteiger partial charge in [-0.3, -0.25) is 4.79 Å². The molecule has 0 saturated heterocycles. The number of thioether (sulfide) groups is 1. The molecule has 0 aliphatic heterocycles. The van der Waals surface area contributed by atoms with Crippen LogP contribution in [0, 0.1) is 22.7 Å². The minimum atomic E-state index is -0.155. The number of Topliss-reactive ketones (excluding diaryl/α,β-unsaturated/α-hetero) is 1. The first-order valence-corrected chi connectivity index (χ1v) is 8.46. The van der Waals surface area contributed by atoms with E-state index in [2.05, 4.69) is 0 Å². The third kappa shape index (κ3) is 2.65. The monoisotopic (exact) mass is 328 g/mol. The van der Waals surface area contributed by atoms with Gasteiger partial charge in [0.2, 0.25) is 0 Å². The molecule has 0 heterocycles. The van der Waals surface area contributed by atoms with Crippen LogP contribution >= 0.6 is 11.8 Å². The van der Waals surface area contributed by atoms with Crippen molar-refractivity contribution in [2.45, 2.75) is 4.90 Å². The average molecular weight is 328 g/mol. The lowest BCUT2D eigenvalue weighted by Gasteiger charge is -2.03. The molecule has 114 valence electrons. The molecule has 3 rings (SSSR count). The summed E-state index contributed by atoms with van der Waals surface area (Å²) in [6.07, 6.45) is 3.74. The average Bonchev–Trinajstić information content (AvgIpc) is 2.90. The minimum Gasteiger partial charge on any atom is -0.289 e. The highest BCUT2D eigenvalue weighted by Gasteiger charge is 2.31. The van der Waals surface area contributed by atoms with Crippen LogP contribution in [0.5, 0.6) is 0 Å². The Morgan fingerprint density at radius 3 is 2.21 bits per heavy atom. The lowest BCUT2D eigenvalue weighted by molar-refractivity contribution is 0.104. The van der Waals surface area contributed by atoms with E-state index in [1.165, 1.54) is 0 Å². The van der Waals surface area contributed by atoms with E-state index in [9.17, 15) is 15.3 Å². The molecule has 0 aromatic heterocycles. The largest absolute Gasteiger partial charge is 0.289 e. The number of nitrogens with zero attached hydrogens (tertiary/aromatic N) is 2. The van der Waals surface area contributed by atoms with Crippen LogP contribution in [-0.4, -0.2) is 12.0 Å². The topological polar surface area (TPSA) is 64.7 Å². The maximum Gasteiger partial charge on any atom is 0.194 e. The number of carbonyl (C=O) groups is 1. The fourth-order valence-electron chi connectivity index (χ4n) is 2.71. The van der Waals surface area contributed by atoms with Gasteiger partial charge in [-0.25, -0.2) is 0 Å². The van der Waals surface area contributed by atoms with Crippen LogP contribution in [-0.2, 0) is 0 Å². The number of nitriles is 2. The van der Waals surface area contributed by atoms with Crippen LogP contribution in [0.25, 0.3) is 11.6 Å². The molecular weight excluding hydrogens is 316 g/mol. The van der Waals surface area contributed by atoms with Crippen molar-refractivity contribution in [3.63, 3.8) is 0 Å². The molecule has 0 spiro atoms. The Labute approximate surface area is 144 Å². The molecule has 3 nitrogen and oxygen atoms in total. The van der Waals surface area contributed by atoms with Gasteiger partial charge in [-0.2, -0.15) is 10.5 Å². The van der Waals surface area contributed by atoms with Crippen molar-refractivity contribution in [2.75, 3.05) is 6.26 Å². The molecule has 0 fully saturated rings. The van der Waals surface area contributed by atoms with E-state index in [4.69, 9.17) is 0 Å². The van der Waals surface area contributed by atoms with Crippen LogP contribution < -0.4 is 0 Å². The SMILES string of the molecule is CSc1ccc(/C=C2\C(=O)c3ccccc3C2=C(C#N)C#N)cc1. The second-order valence-electron chi connectivity index (χ2n) is 5.18. The van der Waals surface area contributed by atoms with Crippen molar-refractivity contribution in [1.82, 2.24) is 0 Å². The molecule has 0 saturated carbocycles. The molecule has 2 aromatic carbocycles. The van der Waals surface area contributed by atoms with Crippen LogP contribution in [0.4, 0.5) is 0 Å². The molecule has 0 amide bonds. The van der Waals surface area contributed by atoms with E-state index in [1.54, 1.807) is 42.1 Å². The maximum atomic E-state index is 12.7. The zero-order valence-corrected chi connectivity index (χ0v) is 13.7. The normalized spacial score (nSPS) is 14.2. The third-order valence-corrected chi connectivity index (χ3v) is 4.60. The van der Waals surface area contributed by atoms with E-state index in [1.807, 2.05) is 42.7 Å². The fourth-order valence-corrected chi connectivity index (χ4v) is 3.12. The summed E-state index contributed by atoms with van der Waals surface area (Å²) in [5.74, 6) is -0.155. The first kappa shape index (κ1) is 15.8. The zero-order valence-electron chi connectivity index (χ0n) is 12.9. The second kappa shape index (κ2) is 6.58. The standard InChI is InChI=1S/C20H12N2OS/c1-24-15-8-6-13(7-9-15)10-18-19(14(11-21)12-22)16-4-2-3-5-17(16)20(18)23/h2-10H,1H3/b18-10-. The zero-order chi connectivity index (χ0) is 17.1. The number of carbonyl (C=O) groups excluding carboxylic acids is 1. The number of ketones is 1. The summed E-state index contributed by atoms with van der Waals surface area (Å²) in [6, 6.07) is 18.7. The van der Waals surface area contributed by atoms with Gasteiger partial charge in [0.25, 0.3) is 0 Å². The highest BCUT2D eigenvalue weighted by atomic mass is 32.2. The summed E-state index contributed by atoms with van der Waals surface area (Å²) < 4.78 is 0. The molecule has 2 aromatic rings. The number of rotatable bonds is 2. The third-order valence-electron chi connectivity index (χ3n) is 3.86. The summed E-state index contributed by atoms with van der Waals surface area (Å²) in [4.78, 5) is 13.9. The molecule has 0 radical (unpaired) electrons. The Balaban J connectivity index is 2.21. The quantitative estimate of drug-likeness (QED) is 0.463. The molecule has 0 bridgehead atoms. The van der Waals surface area contributed by atoms with Crippen LogP contribution in [0.1, 0.15) is 21.5 Å². The van der Waals surface area contributed by atoms with Crippen LogP contribution in [0.2, 0.25) is 0 Å². The van der Waals surface area contributed by atoms with Gasteiger partial charge < -0.3 is 0 Å². The Kier molecular flexibility index (Phi) is 4.33. The number of allylic oxidation sites excluding steroid dienone is 3. The second-order valence-corrected chi connectivity index (χ2v) is 6.06. The van der Waals surface area contributed by atoms with Gasteiger partial charge in [-0.05, 0) is 35.6 Å². The Hall–Kier alpha value is -3.08. The predicted octanol–water partition coefficient (Wildman–Crippen LogP) is 4.49. The molecule has 24 heavy (non-hydrogen) atoms. The van der Waals surface area contributed by atoms with Gasteiger partial charge in [-0.15, -0.1) is 11.8 Å². The number of hydrogen-bond donors (Lipinski definition) is 0. The summed E-state index contributed by atoms with van der Waals surface area (Å²) in [6.45, 7) is 0. The molecular formula is C20H12N2OS. The van der Waals surface area contributed by atoms with E-state index >= 15 is 0 Å². The molecule has 0 N–H and O–H groups in total. The summed E-state index contributed by atoms with van der Waals surface area (Å²) in [5, 5.41) is 18.6. The van der Waals surface area contributed by atoms with E-state index in [0.29, 0.717) is 22.3 Å². The van der Waals surface area contributed by atoms with Crippen molar-refractivity contribution >= 4 is 29.2 Å². The van der Waals surface area contributed by atoms with Gasteiger partial charge in [-0.1, -0.05) is 36.4 Å². The van der Waals surface area contributed by atoms with Crippen molar-refractivity contribution in [3.8, 4) is 12.1 Å². The van der Waals surface area contributed by atoms with Crippen molar-refractivity contribution in [1.29, 1.82) is 10.5 Å². The van der Waals surface area contributed by atoms with E-state index in [-0.39, 0.29) is 11.4 Å².